The lowest BCUT2D eigenvalue weighted by atomic mass is 10.2. The summed E-state index contributed by atoms with van der Waals surface area (Å²) in [4.78, 5) is 9.89. The zero-order valence-corrected chi connectivity index (χ0v) is 12.9. The van der Waals surface area contributed by atoms with Gasteiger partial charge < -0.3 is 15.2 Å². The third kappa shape index (κ3) is 4.12. The van der Waals surface area contributed by atoms with Gasteiger partial charge in [-0.05, 0) is 30.4 Å². The van der Waals surface area contributed by atoms with Crippen LogP contribution in [0.1, 0.15) is 18.5 Å². The molecule has 0 aliphatic heterocycles. The van der Waals surface area contributed by atoms with Crippen molar-refractivity contribution in [3.63, 3.8) is 0 Å². The normalized spacial score (nSPS) is 11.6. The average Bonchev–Trinajstić information content (AvgIpc) is 2.91. The van der Waals surface area contributed by atoms with Gasteiger partial charge in [0, 0.05) is 31.9 Å². The van der Waals surface area contributed by atoms with Crippen LogP contribution in [0.25, 0.3) is 10.9 Å². The maximum absolute atomic E-state index is 4.33. The molecule has 112 valence electrons. The van der Waals surface area contributed by atoms with Gasteiger partial charge in [0.15, 0.2) is 5.96 Å². The number of benzene rings is 1. The Morgan fingerprint density at radius 2 is 2.24 bits per heavy atom. The number of rotatable bonds is 6. The Kier molecular flexibility index (Phi) is 5.43. The fourth-order valence-corrected chi connectivity index (χ4v) is 2.37. The van der Waals surface area contributed by atoms with Gasteiger partial charge in [0.2, 0.25) is 0 Å². The van der Waals surface area contributed by atoms with E-state index in [4.69, 9.17) is 0 Å². The van der Waals surface area contributed by atoms with Gasteiger partial charge in [-0.25, -0.2) is 0 Å². The lowest BCUT2D eigenvalue weighted by Gasteiger charge is -2.21. The van der Waals surface area contributed by atoms with Gasteiger partial charge in [0.1, 0.15) is 0 Å². The highest BCUT2D eigenvalue weighted by molar-refractivity contribution is 5.81. The molecule has 2 rings (SSSR count). The molecule has 0 fully saturated rings. The number of guanidine groups is 1. The number of nitrogens with zero attached hydrogens (tertiary/aromatic N) is 2. The molecular formula is C17H24N4. The minimum Gasteiger partial charge on any atom is -0.357 e. The van der Waals surface area contributed by atoms with Gasteiger partial charge >= 0.3 is 0 Å². The number of aliphatic imine (C=N–C) groups is 1. The van der Waals surface area contributed by atoms with E-state index < -0.39 is 0 Å². The lowest BCUT2D eigenvalue weighted by molar-refractivity contribution is 0.469. The third-order valence-corrected chi connectivity index (χ3v) is 3.50. The Bertz CT molecular complexity index is 579. The van der Waals surface area contributed by atoms with Crippen molar-refractivity contribution in [1.29, 1.82) is 0 Å². The molecule has 21 heavy (non-hydrogen) atoms. The van der Waals surface area contributed by atoms with E-state index in [1.807, 2.05) is 19.2 Å². The number of nitrogens with one attached hydrogen (secondary N) is 2. The second-order valence-electron chi connectivity index (χ2n) is 5.14. The van der Waals surface area contributed by atoms with Crippen LogP contribution in [-0.4, -0.2) is 36.5 Å². The summed E-state index contributed by atoms with van der Waals surface area (Å²) in [6, 6.07) is 10.5. The van der Waals surface area contributed by atoms with E-state index in [0.717, 1.165) is 37.6 Å². The van der Waals surface area contributed by atoms with Gasteiger partial charge in [-0.3, -0.25) is 4.99 Å². The van der Waals surface area contributed by atoms with Crippen molar-refractivity contribution in [1.82, 2.24) is 15.2 Å². The highest BCUT2D eigenvalue weighted by Crippen LogP contribution is 2.14. The van der Waals surface area contributed by atoms with Crippen LogP contribution in [0.3, 0.4) is 0 Å². The molecule has 0 spiro atoms. The van der Waals surface area contributed by atoms with Crippen LogP contribution in [0.4, 0.5) is 0 Å². The molecular weight excluding hydrogens is 260 g/mol. The summed E-state index contributed by atoms with van der Waals surface area (Å²) in [5.41, 5.74) is 2.33. The van der Waals surface area contributed by atoms with E-state index in [1.54, 1.807) is 0 Å². The molecule has 2 aromatic rings. The van der Waals surface area contributed by atoms with E-state index in [2.05, 4.69) is 58.1 Å². The molecule has 0 radical (unpaired) electrons. The second kappa shape index (κ2) is 7.53. The molecule has 0 saturated heterocycles. The van der Waals surface area contributed by atoms with E-state index in [1.165, 1.54) is 10.9 Å². The summed E-state index contributed by atoms with van der Waals surface area (Å²) in [6.45, 7) is 5.46. The van der Waals surface area contributed by atoms with Crippen LogP contribution in [0.2, 0.25) is 0 Å². The molecule has 0 amide bonds. The molecule has 1 aromatic carbocycles. The minimum absolute atomic E-state index is 0.743. The maximum Gasteiger partial charge on any atom is 0.193 e. The number of unbranched alkanes of at least 4 members (excludes halogenated alkanes) is 1. The Morgan fingerprint density at radius 3 is 2.95 bits per heavy atom. The van der Waals surface area contributed by atoms with Crippen molar-refractivity contribution in [2.45, 2.75) is 19.4 Å². The highest BCUT2D eigenvalue weighted by atomic mass is 15.3. The maximum atomic E-state index is 4.33. The minimum atomic E-state index is 0.743. The second-order valence-corrected chi connectivity index (χ2v) is 5.14. The molecule has 0 atom stereocenters. The van der Waals surface area contributed by atoms with E-state index in [-0.39, 0.29) is 0 Å². The van der Waals surface area contributed by atoms with Crippen molar-refractivity contribution in [2.75, 3.05) is 20.6 Å². The first-order chi connectivity index (χ1) is 10.2. The van der Waals surface area contributed by atoms with E-state index in [0.29, 0.717) is 0 Å². The number of aromatic nitrogens is 1. The van der Waals surface area contributed by atoms with Crippen molar-refractivity contribution >= 4 is 16.9 Å². The average molecular weight is 284 g/mol. The molecule has 2 N–H and O–H groups in total. The molecule has 4 nitrogen and oxygen atoms in total. The predicted molar refractivity (Wildman–Crippen MR) is 90.6 cm³/mol. The summed E-state index contributed by atoms with van der Waals surface area (Å²) in [7, 11) is 3.88. The fraction of sp³-hybridized carbons (Fsp3) is 0.353. The predicted octanol–water partition coefficient (Wildman–Crippen LogP) is 3.14. The first kappa shape index (κ1) is 15.2. The first-order valence-electron chi connectivity index (χ1n) is 7.34. The zero-order chi connectivity index (χ0) is 15.1. The summed E-state index contributed by atoms with van der Waals surface area (Å²) in [5, 5.41) is 4.63. The van der Waals surface area contributed by atoms with E-state index in [9.17, 15) is 0 Å². The SMILES string of the molecule is C=CCCCN(C)C(=NC)NCc1cc2ccccc2[nH]1. The van der Waals surface area contributed by atoms with Crippen LogP contribution in [0.15, 0.2) is 48.0 Å². The Morgan fingerprint density at radius 1 is 1.43 bits per heavy atom. The number of fused-ring (bicyclic) bond motifs is 1. The molecule has 1 aromatic heterocycles. The molecule has 1 heterocycles. The summed E-state index contributed by atoms with van der Waals surface area (Å²) in [6.07, 6.45) is 4.07. The van der Waals surface area contributed by atoms with Crippen molar-refractivity contribution in [3.05, 3.63) is 48.7 Å². The Hall–Kier alpha value is -2.23. The zero-order valence-electron chi connectivity index (χ0n) is 12.9. The highest BCUT2D eigenvalue weighted by Gasteiger charge is 2.06. The van der Waals surface area contributed by atoms with Crippen LogP contribution in [0, 0.1) is 0 Å². The first-order valence-corrected chi connectivity index (χ1v) is 7.34. The van der Waals surface area contributed by atoms with Crippen LogP contribution in [0.5, 0.6) is 0 Å². The van der Waals surface area contributed by atoms with Crippen molar-refractivity contribution in [2.24, 2.45) is 4.99 Å². The largest absolute Gasteiger partial charge is 0.357 e. The summed E-state index contributed by atoms with van der Waals surface area (Å²) in [5.74, 6) is 0.915. The third-order valence-electron chi connectivity index (χ3n) is 3.50. The fourth-order valence-electron chi connectivity index (χ4n) is 2.37. The Balaban J connectivity index is 1.91. The number of hydrogen-bond donors (Lipinski definition) is 2. The van der Waals surface area contributed by atoms with Crippen molar-refractivity contribution < 1.29 is 0 Å². The number of para-hydroxylation sites is 1. The molecule has 0 bridgehead atoms. The van der Waals surface area contributed by atoms with Gasteiger partial charge in [0.25, 0.3) is 0 Å². The van der Waals surface area contributed by atoms with Crippen LogP contribution < -0.4 is 5.32 Å². The standard InChI is InChI=1S/C17H24N4/c1-4-5-8-11-21(3)17(18-2)19-13-15-12-14-9-6-7-10-16(14)20-15/h4,6-7,9-10,12,20H,1,5,8,11,13H2,2-3H3,(H,18,19). The van der Waals surface area contributed by atoms with Gasteiger partial charge in [-0.2, -0.15) is 0 Å². The number of H-pyrrole nitrogens is 1. The van der Waals surface area contributed by atoms with Gasteiger partial charge in [-0.1, -0.05) is 24.3 Å². The van der Waals surface area contributed by atoms with Crippen LogP contribution in [-0.2, 0) is 6.54 Å². The molecule has 0 aliphatic carbocycles. The van der Waals surface area contributed by atoms with E-state index >= 15 is 0 Å². The topological polar surface area (TPSA) is 43.4 Å². The van der Waals surface area contributed by atoms with Crippen LogP contribution >= 0.6 is 0 Å². The molecule has 0 aliphatic rings. The van der Waals surface area contributed by atoms with Gasteiger partial charge in [-0.15, -0.1) is 6.58 Å². The summed E-state index contributed by atoms with van der Waals surface area (Å²) < 4.78 is 0. The van der Waals surface area contributed by atoms with Crippen molar-refractivity contribution in [3.8, 4) is 0 Å². The number of aromatic amines is 1. The summed E-state index contributed by atoms with van der Waals surface area (Å²) >= 11 is 0. The Labute approximate surface area is 126 Å². The smallest absolute Gasteiger partial charge is 0.193 e. The lowest BCUT2D eigenvalue weighted by Crippen LogP contribution is -2.39. The monoisotopic (exact) mass is 284 g/mol. The number of hydrogen-bond acceptors (Lipinski definition) is 1. The molecule has 0 saturated carbocycles. The quantitative estimate of drug-likeness (QED) is 0.370. The molecule has 0 unspecified atom stereocenters. The molecule has 4 heteroatoms. The number of allylic oxidation sites excluding steroid dienone is 1. The van der Waals surface area contributed by atoms with Gasteiger partial charge in [0.05, 0.1) is 6.54 Å².